The maximum absolute atomic E-state index is 13.8. The summed E-state index contributed by atoms with van der Waals surface area (Å²) in [6, 6.07) is 20.2. The minimum Gasteiger partial charge on any atom is -0.497 e. The van der Waals surface area contributed by atoms with Crippen LogP contribution in [0.5, 0.6) is 11.5 Å². The van der Waals surface area contributed by atoms with Gasteiger partial charge in [0.25, 0.3) is 0 Å². The van der Waals surface area contributed by atoms with Gasteiger partial charge < -0.3 is 20.1 Å². The van der Waals surface area contributed by atoms with Gasteiger partial charge in [0.05, 0.1) is 13.2 Å². The number of rotatable bonds is 4. The van der Waals surface area contributed by atoms with Crippen LogP contribution in [0.4, 0.5) is 11.4 Å². The van der Waals surface area contributed by atoms with Gasteiger partial charge >= 0.3 is 0 Å². The van der Waals surface area contributed by atoms with Gasteiger partial charge in [0, 0.05) is 22.0 Å². The van der Waals surface area contributed by atoms with Crippen LogP contribution in [-0.2, 0) is 4.79 Å². The third kappa shape index (κ3) is 3.75. The van der Waals surface area contributed by atoms with Crippen molar-refractivity contribution in [3.63, 3.8) is 0 Å². The van der Waals surface area contributed by atoms with Crippen molar-refractivity contribution in [2.75, 3.05) is 17.3 Å². The quantitative estimate of drug-likeness (QED) is 0.471. The van der Waals surface area contributed by atoms with Crippen LogP contribution in [0.2, 0.25) is 5.02 Å². The van der Waals surface area contributed by atoms with Gasteiger partial charge in [-0.1, -0.05) is 29.3 Å². The largest absolute Gasteiger partial charge is 0.497 e. The van der Waals surface area contributed by atoms with Crippen LogP contribution in [0.15, 0.2) is 66.7 Å². The lowest BCUT2D eigenvalue weighted by Gasteiger charge is -2.56. The standard InChI is InChI=1S/C26H24ClN3O3S/c1-15-4-10-18(11-5-15)30-25(34)29-23-20-14-19(32-3)12-13-21(20)33-26(30,2)22(23)24(31)28-17-8-6-16(27)7-9-17/h4-14,22-23H,1-3H3,(H,28,31)(H,29,34)/t22-,23-,26+/m1/s1. The zero-order valence-corrected chi connectivity index (χ0v) is 20.5. The number of carbonyl (C=O) groups excluding carboxylic acids is 1. The Bertz CT molecular complexity index is 1270. The zero-order valence-electron chi connectivity index (χ0n) is 19.0. The van der Waals surface area contributed by atoms with Crippen LogP contribution < -0.4 is 25.0 Å². The molecule has 2 aliphatic rings. The van der Waals surface area contributed by atoms with E-state index in [9.17, 15) is 4.79 Å². The first-order valence-corrected chi connectivity index (χ1v) is 11.7. The summed E-state index contributed by atoms with van der Waals surface area (Å²) in [5.74, 6) is 0.513. The van der Waals surface area contributed by atoms with Crippen LogP contribution in [0.3, 0.4) is 0 Å². The number of anilines is 2. The lowest BCUT2D eigenvalue weighted by molar-refractivity contribution is -0.130. The van der Waals surface area contributed by atoms with Crippen molar-refractivity contribution in [1.82, 2.24) is 5.32 Å². The highest BCUT2D eigenvalue weighted by Gasteiger charge is 2.59. The second-order valence-corrected chi connectivity index (χ2v) is 9.46. The van der Waals surface area contributed by atoms with E-state index in [0.717, 1.165) is 16.8 Å². The minimum atomic E-state index is -1.08. The number of carbonyl (C=O) groups is 1. The zero-order chi connectivity index (χ0) is 24.0. The van der Waals surface area contributed by atoms with E-state index in [1.165, 1.54) is 0 Å². The number of aryl methyl sites for hydroxylation is 1. The minimum absolute atomic E-state index is 0.199. The lowest BCUT2D eigenvalue weighted by atomic mass is 9.78. The molecule has 2 bridgehead atoms. The first-order valence-electron chi connectivity index (χ1n) is 10.9. The van der Waals surface area contributed by atoms with E-state index in [-0.39, 0.29) is 5.91 Å². The fourth-order valence-electron chi connectivity index (χ4n) is 4.72. The van der Waals surface area contributed by atoms with E-state index < -0.39 is 17.7 Å². The number of thiocarbonyl (C=S) groups is 1. The van der Waals surface area contributed by atoms with Crippen LogP contribution in [0.1, 0.15) is 24.1 Å². The number of hydrogen-bond donors (Lipinski definition) is 2. The Balaban J connectivity index is 1.62. The Labute approximate surface area is 208 Å². The normalized spacial score (nSPS) is 22.8. The number of benzene rings is 3. The van der Waals surface area contributed by atoms with Gasteiger partial charge in [-0.2, -0.15) is 0 Å². The molecule has 5 rings (SSSR count). The molecule has 1 amide bonds. The Kier molecular flexibility index (Phi) is 5.62. The summed E-state index contributed by atoms with van der Waals surface area (Å²) in [5, 5.41) is 7.52. The molecule has 3 aromatic carbocycles. The van der Waals surface area contributed by atoms with E-state index in [1.54, 1.807) is 31.4 Å². The molecule has 2 heterocycles. The molecule has 34 heavy (non-hydrogen) atoms. The molecule has 0 radical (unpaired) electrons. The molecule has 0 spiro atoms. The molecule has 0 unspecified atom stereocenters. The van der Waals surface area contributed by atoms with Gasteiger partial charge in [0.1, 0.15) is 17.4 Å². The molecule has 8 heteroatoms. The topological polar surface area (TPSA) is 62.8 Å². The monoisotopic (exact) mass is 493 g/mol. The third-order valence-electron chi connectivity index (χ3n) is 6.39. The van der Waals surface area contributed by atoms with E-state index >= 15 is 0 Å². The van der Waals surface area contributed by atoms with Gasteiger partial charge in [0.15, 0.2) is 10.8 Å². The molecule has 1 fully saturated rings. The molecule has 174 valence electrons. The number of nitrogens with one attached hydrogen (secondary N) is 2. The average molecular weight is 494 g/mol. The molecule has 0 aromatic heterocycles. The first-order chi connectivity index (χ1) is 16.3. The predicted octanol–water partition coefficient (Wildman–Crippen LogP) is 5.46. The average Bonchev–Trinajstić information content (AvgIpc) is 2.81. The molecule has 3 aromatic rings. The third-order valence-corrected chi connectivity index (χ3v) is 6.94. The van der Waals surface area contributed by atoms with Gasteiger partial charge in [-0.3, -0.25) is 9.69 Å². The molecule has 2 aliphatic heterocycles. The van der Waals surface area contributed by atoms with Gasteiger partial charge in [-0.15, -0.1) is 0 Å². The van der Waals surface area contributed by atoms with Crippen molar-refractivity contribution in [1.29, 1.82) is 0 Å². The highest BCUT2D eigenvalue weighted by atomic mass is 35.5. The number of amides is 1. The Morgan fingerprint density at radius 2 is 1.85 bits per heavy atom. The van der Waals surface area contributed by atoms with Crippen molar-refractivity contribution in [3.05, 3.63) is 82.9 Å². The van der Waals surface area contributed by atoms with Gasteiger partial charge in [-0.05, 0) is 80.7 Å². The summed E-state index contributed by atoms with van der Waals surface area (Å²) in [6.45, 7) is 3.93. The Hall–Kier alpha value is -3.29. The van der Waals surface area contributed by atoms with Gasteiger partial charge in [0.2, 0.25) is 5.91 Å². The summed E-state index contributed by atoms with van der Waals surface area (Å²) in [7, 11) is 1.61. The fraction of sp³-hybridized carbons (Fsp3) is 0.231. The number of fused-ring (bicyclic) bond motifs is 4. The highest BCUT2D eigenvalue weighted by molar-refractivity contribution is 7.80. The first kappa shape index (κ1) is 22.5. The summed E-state index contributed by atoms with van der Waals surface area (Å²) >= 11 is 11.8. The van der Waals surface area contributed by atoms with Gasteiger partial charge in [-0.25, -0.2) is 0 Å². The number of ether oxygens (including phenoxy) is 2. The Morgan fingerprint density at radius 1 is 1.15 bits per heavy atom. The molecule has 6 nitrogen and oxygen atoms in total. The summed E-state index contributed by atoms with van der Waals surface area (Å²) in [6.07, 6.45) is 0. The highest BCUT2D eigenvalue weighted by Crippen LogP contribution is 2.50. The van der Waals surface area contributed by atoms with Crippen molar-refractivity contribution < 1.29 is 14.3 Å². The fourth-order valence-corrected chi connectivity index (χ4v) is 5.26. The van der Waals surface area contributed by atoms with Crippen LogP contribution in [0, 0.1) is 12.8 Å². The Morgan fingerprint density at radius 3 is 2.53 bits per heavy atom. The van der Waals surface area contributed by atoms with Crippen LogP contribution in [0.25, 0.3) is 0 Å². The van der Waals surface area contributed by atoms with Crippen molar-refractivity contribution >= 4 is 46.2 Å². The molecule has 2 N–H and O–H groups in total. The molecular formula is C26H24ClN3O3S. The SMILES string of the molecule is COc1ccc2c(c1)[C@H]1NC(=S)N(c3ccc(C)cc3)[C@@](C)(O2)[C@H]1C(=O)Nc1ccc(Cl)cc1. The number of nitrogens with zero attached hydrogens (tertiary/aromatic N) is 1. The van der Waals surface area contributed by atoms with E-state index in [2.05, 4.69) is 10.6 Å². The second-order valence-electron chi connectivity index (χ2n) is 8.63. The van der Waals surface area contributed by atoms with Crippen molar-refractivity contribution in [2.45, 2.75) is 25.6 Å². The van der Waals surface area contributed by atoms with Crippen molar-refractivity contribution in [3.8, 4) is 11.5 Å². The lowest BCUT2D eigenvalue weighted by Crippen LogP contribution is -2.72. The number of methoxy groups -OCH3 is 1. The van der Waals surface area contributed by atoms with Crippen LogP contribution >= 0.6 is 23.8 Å². The molecule has 0 saturated carbocycles. The van der Waals surface area contributed by atoms with Crippen molar-refractivity contribution in [2.24, 2.45) is 5.92 Å². The maximum atomic E-state index is 13.8. The molecule has 3 atom stereocenters. The number of hydrogen-bond acceptors (Lipinski definition) is 4. The molecule has 0 aliphatic carbocycles. The summed E-state index contributed by atoms with van der Waals surface area (Å²) in [4.78, 5) is 15.7. The summed E-state index contributed by atoms with van der Waals surface area (Å²) in [5.41, 5.74) is 2.35. The summed E-state index contributed by atoms with van der Waals surface area (Å²) < 4.78 is 12.0. The van der Waals surface area contributed by atoms with E-state index in [0.29, 0.717) is 27.3 Å². The molecule has 1 saturated heterocycles. The maximum Gasteiger partial charge on any atom is 0.236 e. The van der Waals surface area contributed by atoms with Crippen LogP contribution in [-0.4, -0.2) is 23.9 Å². The predicted molar refractivity (Wildman–Crippen MR) is 138 cm³/mol. The molecular weight excluding hydrogens is 470 g/mol. The van der Waals surface area contributed by atoms with E-state index in [1.807, 2.05) is 61.2 Å². The number of halogens is 1. The second kappa shape index (κ2) is 8.49. The van der Waals surface area contributed by atoms with E-state index in [4.69, 9.17) is 33.3 Å². The smallest absolute Gasteiger partial charge is 0.236 e.